The summed E-state index contributed by atoms with van der Waals surface area (Å²) in [5.41, 5.74) is 0. The van der Waals surface area contributed by atoms with E-state index in [0.717, 1.165) is 32.4 Å². The largest absolute Gasteiger partial charge is 0.347 e. The maximum atomic E-state index is 11.9. The summed E-state index contributed by atoms with van der Waals surface area (Å²) >= 11 is 0. The topological polar surface area (TPSA) is 61.4 Å². The van der Waals surface area contributed by atoms with E-state index in [1.165, 1.54) is 0 Å². The van der Waals surface area contributed by atoms with Crippen molar-refractivity contribution in [3.8, 4) is 0 Å². The van der Waals surface area contributed by atoms with Crippen molar-refractivity contribution in [1.29, 1.82) is 0 Å². The van der Waals surface area contributed by atoms with Gasteiger partial charge >= 0.3 is 0 Å². The Morgan fingerprint density at radius 3 is 2.72 bits per heavy atom. The molecule has 6 heteroatoms. The number of halogens is 1. The van der Waals surface area contributed by atoms with Gasteiger partial charge in [-0.05, 0) is 26.3 Å². The fourth-order valence-electron chi connectivity index (χ4n) is 2.04. The van der Waals surface area contributed by atoms with Crippen LogP contribution in [-0.4, -0.2) is 49.4 Å². The van der Waals surface area contributed by atoms with E-state index in [0.29, 0.717) is 12.5 Å². The van der Waals surface area contributed by atoms with Crippen LogP contribution in [0.1, 0.15) is 32.6 Å². The van der Waals surface area contributed by atoms with Crippen LogP contribution in [0.25, 0.3) is 0 Å². The molecule has 2 N–H and O–H groups in total. The number of rotatable bonds is 5. The maximum absolute atomic E-state index is 11.9. The minimum Gasteiger partial charge on any atom is -0.347 e. The van der Waals surface area contributed by atoms with Crippen LogP contribution in [0.4, 0.5) is 0 Å². The quantitative estimate of drug-likeness (QED) is 0.771. The molecule has 5 nitrogen and oxygen atoms in total. The van der Waals surface area contributed by atoms with E-state index in [-0.39, 0.29) is 30.8 Å². The summed E-state index contributed by atoms with van der Waals surface area (Å²) in [7, 11) is 1.92. The molecule has 1 aliphatic heterocycles. The van der Waals surface area contributed by atoms with Crippen molar-refractivity contribution >= 4 is 24.2 Å². The van der Waals surface area contributed by atoms with Crippen LogP contribution in [-0.2, 0) is 9.59 Å². The number of carbonyl (C=O) groups is 2. The minimum atomic E-state index is -0.0389. The van der Waals surface area contributed by atoms with E-state index in [4.69, 9.17) is 0 Å². The number of likely N-dealkylation sites (N-methyl/N-ethyl adjacent to an activating group) is 1. The Kier molecular flexibility index (Phi) is 8.75. The van der Waals surface area contributed by atoms with Crippen molar-refractivity contribution in [3.63, 3.8) is 0 Å². The van der Waals surface area contributed by atoms with Crippen LogP contribution in [0.15, 0.2) is 0 Å². The third-order valence-electron chi connectivity index (χ3n) is 3.10. The Morgan fingerprint density at radius 2 is 2.11 bits per heavy atom. The van der Waals surface area contributed by atoms with Gasteiger partial charge in [0, 0.05) is 25.6 Å². The van der Waals surface area contributed by atoms with E-state index in [9.17, 15) is 9.59 Å². The van der Waals surface area contributed by atoms with Gasteiger partial charge in [-0.1, -0.05) is 6.92 Å². The Balaban J connectivity index is 0.00000289. The lowest BCUT2D eigenvalue weighted by molar-refractivity contribution is -0.134. The molecule has 1 saturated heterocycles. The van der Waals surface area contributed by atoms with Gasteiger partial charge in [-0.2, -0.15) is 0 Å². The first-order chi connectivity index (χ1) is 8.17. The van der Waals surface area contributed by atoms with Gasteiger partial charge in [0.05, 0.1) is 6.54 Å². The SMILES string of the molecule is CCCC(=O)NCC(=O)N1CCCC(NC)C1.Cl. The van der Waals surface area contributed by atoms with Gasteiger partial charge in [-0.25, -0.2) is 0 Å². The van der Waals surface area contributed by atoms with E-state index in [1.807, 2.05) is 18.9 Å². The molecule has 0 aromatic carbocycles. The zero-order valence-electron chi connectivity index (χ0n) is 11.2. The number of carbonyl (C=O) groups excluding carboxylic acids is 2. The highest BCUT2D eigenvalue weighted by atomic mass is 35.5. The van der Waals surface area contributed by atoms with E-state index < -0.39 is 0 Å². The number of amides is 2. The lowest BCUT2D eigenvalue weighted by Crippen LogP contribution is -2.49. The molecule has 1 atom stereocenters. The number of hydrogen-bond acceptors (Lipinski definition) is 3. The molecule has 0 aromatic rings. The van der Waals surface area contributed by atoms with Gasteiger partial charge in [0.25, 0.3) is 0 Å². The maximum Gasteiger partial charge on any atom is 0.242 e. The van der Waals surface area contributed by atoms with Crippen molar-refractivity contribution in [2.75, 3.05) is 26.7 Å². The van der Waals surface area contributed by atoms with E-state index >= 15 is 0 Å². The van der Waals surface area contributed by atoms with Crippen LogP contribution in [0.3, 0.4) is 0 Å². The van der Waals surface area contributed by atoms with Crippen molar-refractivity contribution in [1.82, 2.24) is 15.5 Å². The normalized spacial score (nSPS) is 19.0. The first-order valence-electron chi connectivity index (χ1n) is 6.39. The second kappa shape index (κ2) is 9.16. The lowest BCUT2D eigenvalue weighted by Gasteiger charge is -2.32. The predicted molar refractivity (Wildman–Crippen MR) is 73.8 cm³/mol. The summed E-state index contributed by atoms with van der Waals surface area (Å²) < 4.78 is 0. The van der Waals surface area contributed by atoms with Crippen molar-refractivity contribution < 1.29 is 9.59 Å². The third-order valence-corrected chi connectivity index (χ3v) is 3.10. The van der Waals surface area contributed by atoms with Gasteiger partial charge in [0.15, 0.2) is 0 Å². The summed E-state index contributed by atoms with van der Waals surface area (Å²) in [6.45, 7) is 3.64. The smallest absolute Gasteiger partial charge is 0.242 e. The minimum absolute atomic E-state index is 0. The zero-order chi connectivity index (χ0) is 12.7. The number of piperidine rings is 1. The van der Waals surface area contributed by atoms with Crippen molar-refractivity contribution in [3.05, 3.63) is 0 Å². The standard InChI is InChI=1S/C12H23N3O2.ClH/c1-3-5-11(16)14-8-12(17)15-7-4-6-10(9-15)13-2;/h10,13H,3-9H2,1-2H3,(H,14,16);1H. The van der Waals surface area contributed by atoms with Crippen molar-refractivity contribution in [2.45, 2.75) is 38.6 Å². The summed E-state index contributed by atoms with van der Waals surface area (Å²) in [4.78, 5) is 24.9. The average molecular weight is 278 g/mol. The zero-order valence-corrected chi connectivity index (χ0v) is 12.0. The molecule has 0 aliphatic carbocycles. The number of likely N-dealkylation sites (tertiary alicyclic amines) is 1. The molecule has 1 rings (SSSR count). The predicted octanol–water partition coefficient (Wildman–Crippen LogP) is 0.535. The summed E-state index contributed by atoms with van der Waals surface area (Å²) in [6, 6.07) is 0.388. The highest BCUT2D eigenvalue weighted by Crippen LogP contribution is 2.09. The molecule has 1 unspecified atom stereocenters. The molecule has 1 heterocycles. The van der Waals surface area contributed by atoms with E-state index in [2.05, 4.69) is 10.6 Å². The second-order valence-corrected chi connectivity index (χ2v) is 4.49. The fraction of sp³-hybridized carbons (Fsp3) is 0.833. The summed E-state index contributed by atoms with van der Waals surface area (Å²) in [5, 5.41) is 5.86. The van der Waals surface area contributed by atoms with Gasteiger partial charge in [0.2, 0.25) is 11.8 Å². The molecular weight excluding hydrogens is 254 g/mol. The number of nitrogens with zero attached hydrogens (tertiary/aromatic N) is 1. The lowest BCUT2D eigenvalue weighted by atomic mass is 10.1. The second-order valence-electron chi connectivity index (χ2n) is 4.49. The van der Waals surface area contributed by atoms with Crippen LogP contribution in [0, 0.1) is 0 Å². The first-order valence-corrected chi connectivity index (χ1v) is 6.39. The molecule has 0 aromatic heterocycles. The molecule has 2 amide bonds. The van der Waals surface area contributed by atoms with Crippen LogP contribution >= 0.6 is 12.4 Å². The monoisotopic (exact) mass is 277 g/mol. The number of nitrogens with one attached hydrogen (secondary N) is 2. The fourth-order valence-corrected chi connectivity index (χ4v) is 2.04. The first kappa shape index (κ1) is 17.2. The van der Waals surface area contributed by atoms with Gasteiger partial charge < -0.3 is 15.5 Å². The molecule has 0 radical (unpaired) electrons. The molecule has 0 spiro atoms. The van der Waals surface area contributed by atoms with Crippen LogP contribution in [0.5, 0.6) is 0 Å². The Labute approximate surface area is 115 Å². The van der Waals surface area contributed by atoms with Gasteiger partial charge in [-0.15, -0.1) is 12.4 Å². The summed E-state index contributed by atoms with van der Waals surface area (Å²) in [6.07, 6.45) is 3.45. The number of hydrogen-bond donors (Lipinski definition) is 2. The Morgan fingerprint density at radius 1 is 1.39 bits per heavy atom. The highest BCUT2D eigenvalue weighted by molar-refractivity contribution is 5.85. The average Bonchev–Trinajstić information content (AvgIpc) is 2.36. The Hall–Kier alpha value is -0.810. The van der Waals surface area contributed by atoms with Gasteiger partial charge in [-0.3, -0.25) is 9.59 Å². The molecular formula is C12H24ClN3O2. The van der Waals surface area contributed by atoms with Crippen LogP contribution in [0.2, 0.25) is 0 Å². The molecule has 18 heavy (non-hydrogen) atoms. The Bertz CT molecular complexity index is 274. The molecule has 106 valence electrons. The molecule has 1 fully saturated rings. The summed E-state index contributed by atoms with van der Waals surface area (Å²) in [5.74, 6) is -0.0163. The molecule has 0 saturated carbocycles. The third kappa shape index (κ3) is 5.69. The van der Waals surface area contributed by atoms with E-state index in [1.54, 1.807) is 0 Å². The molecule has 1 aliphatic rings. The molecule has 0 bridgehead atoms. The van der Waals surface area contributed by atoms with Gasteiger partial charge in [0.1, 0.15) is 0 Å². The highest BCUT2D eigenvalue weighted by Gasteiger charge is 2.22. The van der Waals surface area contributed by atoms with Crippen LogP contribution < -0.4 is 10.6 Å². The van der Waals surface area contributed by atoms with Crippen molar-refractivity contribution in [2.24, 2.45) is 0 Å².